The number of likely N-dealkylation sites (N-methyl/N-ethyl adjacent to an activating group) is 1. The Hall–Kier alpha value is -5.47. The number of allylic oxidation sites excluding steroid dienone is 3. The molecule has 3 amide bonds. The van der Waals surface area contributed by atoms with Crippen LogP contribution in [0.25, 0.3) is 11.1 Å². The minimum absolute atomic E-state index is 0.0151. The summed E-state index contributed by atoms with van der Waals surface area (Å²) in [6.45, 7) is 6.03. The van der Waals surface area contributed by atoms with Crippen LogP contribution in [0.15, 0.2) is 78.4 Å². The fourth-order valence-electron chi connectivity index (χ4n) is 4.63. The molecule has 4 rings (SSSR count). The van der Waals surface area contributed by atoms with Crippen LogP contribution < -0.4 is 20.7 Å². The van der Waals surface area contributed by atoms with Crippen molar-refractivity contribution in [1.29, 1.82) is 5.26 Å². The Kier molecular flexibility index (Phi) is 10.9. The van der Waals surface area contributed by atoms with Gasteiger partial charge in [-0.1, -0.05) is 36.4 Å². The first-order valence-corrected chi connectivity index (χ1v) is 14.8. The highest BCUT2D eigenvalue weighted by molar-refractivity contribution is 6.34. The maximum atomic E-state index is 13.2. The molecule has 11 nitrogen and oxygen atoms in total. The van der Waals surface area contributed by atoms with E-state index in [0.29, 0.717) is 50.0 Å². The Morgan fingerprint density at radius 1 is 1.15 bits per heavy atom. The molecule has 0 atom stereocenters. The minimum atomic E-state index is -0.476. The summed E-state index contributed by atoms with van der Waals surface area (Å²) < 4.78 is 5.79. The molecule has 1 heterocycles. The lowest BCUT2D eigenvalue weighted by molar-refractivity contribution is -0.117. The lowest BCUT2D eigenvalue weighted by Gasteiger charge is -2.19. The normalized spacial score (nSPS) is 12.7. The van der Waals surface area contributed by atoms with Crippen LogP contribution in [0.1, 0.15) is 40.6 Å². The van der Waals surface area contributed by atoms with Crippen molar-refractivity contribution in [2.24, 2.45) is 5.92 Å². The number of nitriles is 1. The van der Waals surface area contributed by atoms with Gasteiger partial charge in [0, 0.05) is 43.8 Å². The van der Waals surface area contributed by atoms with E-state index in [1.54, 1.807) is 61.7 Å². The molecule has 1 aliphatic carbocycles. The third kappa shape index (κ3) is 7.97. The number of nitrogens with zero attached hydrogens (tertiary/aromatic N) is 4. The second-order valence-corrected chi connectivity index (χ2v) is 11.0. The van der Waals surface area contributed by atoms with E-state index in [9.17, 15) is 19.6 Å². The van der Waals surface area contributed by atoms with E-state index in [1.165, 1.54) is 25.1 Å². The molecule has 0 bridgehead atoms. The molecular formula is C34H34ClN7O4. The van der Waals surface area contributed by atoms with Gasteiger partial charge >= 0.3 is 0 Å². The molecule has 3 N–H and O–H groups in total. The Bertz CT molecular complexity index is 1770. The highest BCUT2D eigenvalue weighted by Crippen LogP contribution is 2.43. The highest BCUT2D eigenvalue weighted by atomic mass is 35.5. The molecule has 12 heteroatoms. The third-order valence-corrected chi connectivity index (χ3v) is 7.37. The summed E-state index contributed by atoms with van der Waals surface area (Å²) in [4.78, 5) is 39.6. The molecule has 1 aromatic heterocycles. The number of methoxy groups -OCH3 is 1. The van der Waals surface area contributed by atoms with Crippen molar-refractivity contribution in [3.8, 4) is 22.9 Å². The summed E-state index contributed by atoms with van der Waals surface area (Å²) in [5.41, 5.74) is 3.52. The van der Waals surface area contributed by atoms with Crippen molar-refractivity contribution >= 4 is 46.5 Å². The first-order valence-electron chi connectivity index (χ1n) is 14.4. The van der Waals surface area contributed by atoms with Gasteiger partial charge < -0.3 is 25.6 Å². The lowest BCUT2D eigenvalue weighted by Crippen LogP contribution is -2.28. The van der Waals surface area contributed by atoms with E-state index in [-0.39, 0.29) is 35.8 Å². The molecule has 46 heavy (non-hydrogen) atoms. The molecular weight excluding hydrogens is 606 g/mol. The van der Waals surface area contributed by atoms with Gasteiger partial charge in [0.25, 0.3) is 11.8 Å². The summed E-state index contributed by atoms with van der Waals surface area (Å²) in [7, 11) is 4.64. The number of carbonyl (C=O) groups excluding carboxylic acids is 3. The van der Waals surface area contributed by atoms with E-state index in [2.05, 4.69) is 38.8 Å². The topological polar surface area (TPSA) is 149 Å². The predicted molar refractivity (Wildman–Crippen MR) is 178 cm³/mol. The van der Waals surface area contributed by atoms with Gasteiger partial charge in [0.2, 0.25) is 5.91 Å². The van der Waals surface area contributed by atoms with Crippen molar-refractivity contribution in [3.63, 3.8) is 0 Å². The summed E-state index contributed by atoms with van der Waals surface area (Å²) >= 11 is 6.67. The number of rotatable bonds is 12. The standard InChI is InChI=1S/C34H34ClN7O4/c1-6-7-21(18-36)16-20(2)19-42(4)34(45)24-12-8-22(9-13-24)29-25(35)14-15-26(31(29)46-5)38-27-17-28(39-32(43)23-10-11-23)40-41-30(27)33(44)37-3/h6-9,12-17,23H,2,10-11,19H2,1,3-5H3,(H,37,44)(H2,38,39,40,43)/b7-6-,21-16+. The number of benzene rings is 2. The number of amides is 3. The van der Waals surface area contributed by atoms with Gasteiger partial charge in [-0.25, -0.2) is 0 Å². The summed E-state index contributed by atoms with van der Waals surface area (Å²) in [5.74, 6) is -0.309. The average molecular weight is 640 g/mol. The maximum Gasteiger partial charge on any atom is 0.273 e. The van der Waals surface area contributed by atoms with Crippen LogP contribution in [0.4, 0.5) is 17.2 Å². The van der Waals surface area contributed by atoms with Crippen molar-refractivity contribution in [2.45, 2.75) is 19.8 Å². The number of anilines is 3. The summed E-state index contributed by atoms with van der Waals surface area (Å²) in [5, 5.41) is 26.2. The largest absolute Gasteiger partial charge is 0.494 e. The fourth-order valence-corrected chi connectivity index (χ4v) is 4.89. The van der Waals surface area contributed by atoms with Crippen LogP contribution in [0.5, 0.6) is 5.75 Å². The molecule has 1 fully saturated rings. The smallest absolute Gasteiger partial charge is 0.273 e. The zero-order chi connectivity index (χ0) is 33.4. The van der Waals surface area contributed by atoms with E-state index in [0.717, 1.165) is 12.8 Å². The van der Waals surface area contributed by atoms with Crippen LogP contribution in [-0.4, -0.2) is 60.6 Å². The van der Waals surface area contributed by atoms with E-state index < -0.39 is 5.91 Å². The van der Waals surface area contributed by atoms with Crippen LogP contribution in [0.3, 0.4) is 0 Å². The Morgan fingerprint density at radius 2 is 1.87 bits per heavy atom. The molecule has 0 spiro atoms. The second kappa shape index (κ2) is 15.0. The predicted octanol–water partition coefficient (Wildman–Crippen LogP) is 5.91. The van der Waals surface area contributed by atoms with Gasteiger partial charge in [-0.15, -0.1) is 10.2 Å². The molecule has 236 valence electrons. The Morgan fingerprint density at radius 3 is 2.48 bits per heavy atom. The number of aromatic nitrogens is 2. The number of nitrogens with one attached hydrogen (secondary N) is 3. The van der Waals surface area contributed by atoms with Gasteiger partial charge in [-0.05, 0) is 67.3 Å². The van der Waals surface area contributed by atoms with Crippen LogP contribution >= 0.6 is 11.6 Å². The molecule has 0 radical (unpaired) electrons. The van der Waals surface area contributed by atoms with E-state index in [4.69, 9.17) is 16.3 Å². The average Bonchev–Trinajstić information content (AvgIpc) is 3.91. The molecule has 1 aliphatic rings. The molecule has 0 saturated heterocycles. The zero-order valence-corrected chi connectivity index (χ0v) is 26.7. The van der Waals surface area contributed by atoms with Crippen molar-refractivity contribution in [3.05, 3.63) is 94.7 Å². The van der Waals surface area contributed by atoms with Crippen LogP contribution in [0, 0.1) is 17.2 Å². The minimum Gasteiger partial charge on any atom is -0.494 e. The summed E-state index contributed by atoms with van der Waals surface area (Å²) in [6, 6.07) is 13.9. The number of halogens is 1. The molecule has 1 saturated carbocycles. The third-order valence-electron chi connectivity index (χ3n) is 7.06. The monoisotopic (exact) mass is 639 g/mol. The number of hydrogen-bond donors (Lipinski definition) is 3. The second-order valence-electron chi connectivity index (χ2n) is 10.6. The lowest BCUT2D eigenvalue weighted by atomic mass is 10.0. The first-order chi connectivity index (χ1) is 22.1. The molecule has 0 unspecified atom stereocenters. The summed E-state index contributed by atoms with van der Waals surface area (Å²) in [6.07, 6.45) is 6.74. The van der Waals surface area contributed by atoms with Gasteiger partial charge in [0.05, 0.1) is 35.1 Å². The highest BCUT2D eigenvalue weighted by Gasteiger charge is 2.30. The number of hydrogen-bond acceptors (Lipinski definition) is 8. The van der Waals surface area contributed by atoms with Gasteiger partial charge in [0.15, 0.2) is 17.3 Å². The number of ether oxygens (including phenoxy) is 1. The molecule has 0 aliphatic heterocycles. The van der Waals surface area contributed by atoms with Gasteiger partial charge in [-0.2, -0.15) is 5.26 Å². The van der Waals surface area contributed by atoms with Crippen molar-refractivity contribution in [2.75, 3.05) is 38.4 Å². The van der Waals surface area contributed by atoms with Crippen molar-refractivity contribution in [1.82, 2.24) is 20.4 Å². The van der Waals surface area contributed by atoms with E-state index >= 15 is 0 Å². The zero-order valence-electron chi connectivity index (χ0n) is 26.0. The van der Waals surface area contributed by atoms with E-state index in [1.807, 2.05) is 6.92 Å². The van der Waals surface area contributed by atoms with Gasteiger partial charge in [-0.3, -0.25) is 14.4 Å². The Labute approximate surface area is 272 Å². The van der Waals surface area contributed by atoms with Crippen LogP contribution in [0.2, 0.25) is 5.02 Å². The Balaban J connectivity index is 1.60. The van der Waals surface area contributed by atoms with Crippen molar-refractivity contribution < 1.29 is 19.1 Å². The number of carbonyl (C=O) groups is 3. The quantitative estimate of drug-likeness (QED) is 0.163. The van der Waals surface area contributed by atoms with Gasteiger partial charge in [0.1, 0.15) is 0 Å². The first kappa shape index (κ1) is 33.4. The SMILES string of the molecule is C=C(/C=C(C#N)\C=C/C)CN(C)C(=O)c1ccc(-c2c(Cl)ccc(Nc3cc(NC(=O)C4CC4)nnc3C(=O)NC)c2OC)cc1. The molecule has 2 aromatic carbocycles. The molecule has 3 aromatic rings. The fraction of sp³-hybridized carbons (Fsp3) is 0.235. The van der Waals surface area contributed by atoms with Crippen LogP contribution in [-0.2, 0) is 4.79 Å². The maximum absolute atomic E-state index is 13.2.